The van der Waals surface area contributed by atoms with E-state index >= 15 is 0 Å². The number of Topliss-reactive ketones (excluding diaryl/α,β-unsaturated/α-hetero) is 1. The molecule has 0 fully saturated rings. The topological polar surface area (TPSA) is 211 Å². The molecule has 31 heavy (non-hydrogen) atoms. The Kier molecular flexibility index (Phi) is 13.8. The van der Waals surface area contributed by atoms with Crippen LogP contribution in [0.25, 0.3) is 0 Å². The Morgan fingerprint density at radius 3 is 1.74 bits per heavy atom. The van der Waals surface area contributed by atoms with Crippen molar-refractivity contribution in [1.29, 1.82) is 0 Å². The molecule has 3 unspecified atom stereocenters. The fourth-order valence-electron chi connectivity index (χ4n) is 2.39. The van der Waals surface area contributed by atoms with Crippen LogP contribution in [0.3, 0.4) is 0 Å². The third-order valence-electron chi connectivity index (χ3n) is 3.96. The zero-order valence-electron chi connectivity index (χ0n) is 16.9. The number of carbonyl (C=O) groups excluding carboxylic acids is 4. The standard InChI is InChI=1S/C17H28N4O9S/c1-18-6-12(23)9(2-4-14(25)26)20-17(30)11(7-22)21-16(29)10(3-5-15(27)28)19-13(24)8-31/h9-11,18,22,31H,2-8H2,1H3,(H,19,24)(H,20,30)(H,21,29)(H,25,26)(H,27,28). The number of aliphatic carboxylic acids is 2. The van der Waals surface area contributed by atoms with Gasteiger partial charge in [0.05, 0.1) is 24.9 Å². The molecule has 0 aromatic rings. The van der Waals surface area contributed by atoms with Crippen LogP contribution in [0.1, 0.15) is 25.7 Å². The minimum Gasteiger partial charge on any atom is -0.481 e. The van der Waals surface area contributed by atoms with Gasteiger partial charge in [0.25, 0.3) is 0 Å². The Hall–Kier alpha value is -2.71. The molecular weight excluding hydrogens is 436 g/mol. The molecule has 3 amide bonds. The fourth-order valence-corrected chi connectivity index (χ4v) is 2.49. The highest BCUT2D eigenvalue weighted by Crippen LogP contribution is 2.03. The third-order valence-corrected chi connectivity index (χ3v) is 4.25. The Labute approximate surface area is 183 Å². The summed E-state index contributed by atoms with van der Waals surface area (Å²) in [6.07, 6.45) is -1.32. The normalized spacial score (nSPS) is 13.4. The number of ketones is 1. The molecule has 3 atom stereocenters. The van der Waals surface area contributed by atoms with Gasteiger partial charge in [-0.25, -0.2) is 0 Å². The van der Waals surface area contributed by atoms with E-state index in [0.717, 1.165) is 0 Å². The lowest BCUT2D eigenvalue weighted by atomic mass is 10.1. The molecule has 0 saturated carbocycles. The van der Waals surface area contributed by atoms with Gasteiger partial charge in [-0.2, -0.15) is 12.6 Å². The highest BCUT2D eigenvalue weighted by atomic mass is 32.1. The maximum Gasteiger partial charge on any atom is 0.303 e. The average Bonchev–Trinajstić information content (AvgIpc) is 2.71. The summed E-state index contributed by atoms with van der Waals surface area (Å²) in [5.74, 6) is -5.67. The van der Waals surface area contributed by atoms with E-state index in [2.05, 4.69) is 33.9 Å². The van der Waals surface area contributed by atoms with Crippen molar-refractivity contribution < 1.29 is 44.1 Å². The summed E-state index contributed by atoms with van der Waals surface area (Å²) in [5.41, 5.74) is 0. The van der Waals surface area contributed by atoms with E-state index in [-0.39, 0.29) is 25.1 Å². The molecule has 0 saturated heterocycles. The van der Waals surface area contributed by atoms with Crippen LogP contribution in [0, 0.1) is 0 Å². The number of hydrogen-bond acceptors (Lipinski definition) is 9. The van der Waals surface area contributed by atoms with Crippen LogP contribution in [0.5, 0.6) is 0 Å². The highest BCUT2D eigenvalue weighted by molar-refractivity contribution is 7.81. The molecule has 0 spiro atoms. The second-order valence-corrected chi connectivity index (χ2v) is 6.76. The molecule has 0 heterocycles. The summed E-state index contributed by atoms with van der Waals surface area (Å²) in [7, 11) is 1.49. The molecule has 0 bridgehead atoms. The summed E-state index contributed by atoms with van der Waals surface area (Å²) < 4.78 is 0. The summed E-state index contributed by atoms with van der Waals surface area (Å²) >= 11 is 3.75. The maximum atomic E-state index is 12.4. The summed E-state index contributed by atoms with van der Waals surface area (Å²) in [6.45, 7) is -1.01. The van der Waals surface area contributed by atoms with Crippen molar-refractivity contribution in [3.63, 3.8) is 0 Å². The minimum atomic E-state index is -1.53. The molecule has 0 aliphatic carbocycles. The molecule has 14 heteroatoms. The van der Waals surface area contributed by atoms with Crippen LogP contribution < -0.4 is 21.3 Å². The lowest BCUT2D eigenvalue weighted by molar-refractivity contribution is -0.138. The van der Waals surface area contributed by atoms with Crippen LogP contribution in [0.15, 0.2) is 0 Å². The first-order valence-corrected chi connectivity index (χ1v) is 9.91. The van der Waals surface area contributed by atoms with Crippen LogP contribution in [-0.2, 0) is 28.8 Å². The van der Waals surface area contributed by atoms with Gasteiger partial charge in [-0.05, 0) is 19.9 Å². The SMILES string of the molecule is CNCC(=O)C(CCC(=O)O)NC(=O)C(CO)NC(=O)C(CCC(=O)O)NC(=O)CS. The Balaban J connectivity index is 5.24. The number of carbonyl (C=O) groups is 6. The van der Waals surface area contributed by atoms with Crippen LogP contribution in [-0.4, -0.2) is 94.8 Å². The number of thiol groups is 1. The van der Waals surface area contributed by atoms with E-state index in [9.17, 15) is 33.9 Å². The van der Waals surface area contributed by atoms with Gasteiger partial charge < -0.3 is 36.6 Å². The predicted octanol–water partition coefficient (Wildman–Crippen LogP) is -3.12. The largest absolute Gasteiger partial charge is 0.481 e. The Bertz CT molecular complexity index is 674. The van der Waals surface area contributed by atoms with E-state index in [1.54, 1.807) is 0 Å². The van der Waals surface area contributed by atoms with Gasteiger partial charge in [-0.1, -0.05) is 0 Å². The zero-order valence-corrected chi connectivity index (χ0v) is 17.8. The Morgan fingerprint density at radius 2 is 1.29 bits per heavy atom. The second kappa shape index (κ2) is 15.1. The number of nitrogens with one attached hydrogen (secondary N) is 4. The van der Waals surface area contributed by atoms with Crippen LogP contribution >= 0.6 is 12.6 Å². The second-order valence-electron chi connectivity index (χ2n) is 6.44. The van der Waals surface area contributed by atoms with Crippen molar-refractivity contribution in [3.8, 4) is 0 Å². The van der Waals surface area contributed by atoms with Crippen molar-refractivity contribution in [2.75, 3.05) is 26.0 Å². The molecule has 13 nitrogen and oxygen atoms in total. The molecule has 0 rings (SSSR count). The molecule has 0 aromatic carbocycles. The van der Waals surface area contributed by atoms with Crippen molar-refractivity contribution >= 4 is 48.1 Å². The summed E-state index contributed by atoms with van der Waals surface area (Å²) in [6, 6.07) is -4.00. The first kappa shape index (κ1) is 28.3. The summed E-state index contributed by atoms with van der Waals surface area (Å²) in [5, 5.41) is 36.4. The van der Waals surface area contributed by atoms with Crippen LogP contribution in [0.2, 0.25) is 0 Å². The number of rotatable bonds is 16. The molecule has 176 valence electrons. The van der Waals surface area contributed by atoms with Gasteiger partial charge in [-0.3, -0.25) is 28.8 Å². The first-order valence-electron chi connectivity index (χ1n) is 9.28. The van der Waals surface area contributed by atoms with Crippen molar-refractivity contribution in [1.82, 2.24) is 21.3 Å². The van der Waals surface area contributed by atoms with Gasteiger partial charge >= 0.3 is 11.9 Å². The van der Waals surface area contributed by atoms with Gasteiger partial charge in [0, 0.05) is 12.8 Å². The Morgan fingerprint density at radius 1 is 0.806 bits per heavy atom. The fraction of sp³-hybridized carbons (Fsp3) is 0.647. The predicted molar refractivity (Wildman–Crippen MR) is 109 cm³/mol. The van der Waals surface area contributed by atoms with E-state index in [4.69, 9.17) is 10.2 Å². The molecule has 7 N–H and O–H groups in total. The number of carboxylic acids is 2. The smallest absolute Gasteiger partial charge is 0.303 e. The van der Waals surface area contributed by atoms with E-state index in [1.807, 2.05) is 0 Å². The lowest BCUT2D eigenvalue weighted by Crippen LogP contribution is -2.57. The van der Waals surface area contributed by atoms with E-state index in [0.29, 0.717) is 0 Å². The van der Waals surface area contributed by atoms with Crippen molar-refractivity contribution in [3.05, 3.63) is 0 Å². The molecule has 0 radical (unpaired) electrons. The van der Waals surface area contributed by atoms with E-state index in [1.165, 1.54) is 7.05 Å². The van der Waals surface area contributed by atoms with Gasteiger partial charge in [0.1, 0.15) is 12.1 Å². The maximum absolute atomic E-state index is 12.4. The number of hydrogen-bond donors (Lipinski definition) is 8. The van der Waals surface area contributed by atoms with Gasteiger partial charge in [-0.15, -0.1) is 0 Å². The number of amides is 3. The van der Waals surface area contributed by atoms with Crippen molar-refractivity contribution in [2.45, 2.75) is 43.8 Å². The van der Waals surface area contributed by atoms with Crippen LogP contribution in [0.4, 0.5) is 0 Å². The minimum absolute atomic E-state index is 0.145. The molecule has 0 aliphatic rings. The van der Waals surface area contributed by atoms with Gasteiger partial charge in [0.2, 0.25) is 17.7 Å². The van der Waals surface area contributed by atoms with Crippen molar-refractivity contribution in [2.24, 2.45) is 0 Å². The molecular formula is C17H28N4O9S. The number of carboxylic acid groups (broad SMARTS) is 2. The monoisotopic (exact) mass is 464 g/mol. The van der Waals surface area contributed by atoms with Gasteiger partial charge in [0.15, 0.2) is 5.78 Å². The summed E-state index contributed by atoms with van der Waals surface area (Å²) in [4.78, 5) is 70.1. The third kappa shape index (κ3) is 11.9. The quantitative estimate of drug-likeness (QED) is 0.108. The number of likely N-dealkylation sites (N-methyl/N-ethyl adjacent to an activating group) is 1. The number of aliphatic hydroxyl groups excluding tert-OH is 1. The molecule has 0 aromatic heterocycles. The lowest BCUT2D eigenvalue weighted by Gasteiger charge is -2.24. The average molecular weight is 464 g/mol. The first-order chi connectivity index (χ1) is 14.5. The zero-order chi connectivity index (χ0) is 24.0. The molecule has 0 aliphatic heterocycles. The highest BCUT2D eigenvalue weighted by Gasteiger charge is 2.29. The number of aliphatic hydroxyl groups is 1. The van der Waals surface area contributed by atoms with E-state index < -0.39 is 73.0 Å².